The largest absolute Gasteiger partial charge is 0.460 e. The summed E-state index contributed by atoms with van der Waals surface area (Å²) < 4.78 is 119. The van der Waals surface area contributed by atoms with Crippen LogP contribution in [-0.2, 0) is 10.7 Å². The maximum atomic E-state index is 14.2. The first-order valence-electron chi connectivity index (χ1n) is 8.78. The van der Waals surface area contributed by atoms with Gasteiger partial charge in [0, 0.05) is 16.8 Å². The van der Waals surface area contributed by atoms with Crippen LogP contribution >= 0.6 is 0 Å². The van der Waals surface area contributed by atoms with E-state index in [-0.39, 0.29) is 40.2 Å². The number of rotatable bonds is 6. The van der Waals surface area contributed by atoms with Gasteiger partial charge in [0.1, 0.15) is 0 Å². The van der Waals surface area contributed by atoms with Crippen molar-refractivity contribution in [3.8, 4) is 0 Å². The minimum atomic E-state index is -7.02. The molecule has 0 saturated carbocycles. The van der Waals surface area contributed by atoms with Gasteiger partial charge in [-0.2, -0.15) is 44.5 Å². The minimum absolute atomic E-state index is 0.0453. The van der Waals surface area contributed by atoms with Crippen molar-refractivity contribution in [3.63, 3.8) is 0 Å². The number of carbonyl (C=O) groups excluding carboxylic acids is 2. The van der Waals surface area contributed by atoms with E-state index in [1.165, 1.54) is 30.3 Å². The maximum Gasteiger partial charge on any atom is 0.460 e. The molecule has 0 heterocycles. The number of nitrogens with zero attached hydrogens (tertiary/aromatic N) is 1. The predicted octanol–water partition coefficient (Wildman–Crippen LogP) is 6.45. The van der Waals surface area contributed by atoms with Crippen LogP contribution in [-0.4, -0.2) is 30.0 Å². The summed E-state index contributed by atoms with van der Waals surface area (Å²) >= 11 is 0. The molecule has 0 atom stereocenters. The zero-order valence-electron chi connectivity index (χ0n) is 16.6. The number of isocyanates is 1. The number of benzene rings is 2. The van der Waals surface area contributed by atoms with Crippen molar-refractivity contribution in [1.82, 2.24) is 0 Å². The number of aryl methyl sites for hydroxylation is 2. The second-order valence-corrected chi connectivity index (χ2v) is 6.91. The number of anilines is 1. The fourth-order valence-corrected chi connectivity index (χ4v) is 2.85. The number of hydrogen-bond acceptors (Lipinski definition) is 3. The van der Waals surface area contributed by atoms with E-state index < -0.39 is 35.4 Å². The topological polar surface area (TPSA) is 58.5 Å². The van der Waals surface area contributed by atoms with Crippen LogP contribution in [0.4, 0.5) is 50.9 Å². The first kappa shape index (κ1) is 25.9. The molecule has 0 saturated heterocycles. The SMILES string of the molecule is Cc1cc(C(F)(F)C(F)(F)C(F)(F)C(F)(F)F)cc(C)c1NC(=O)c1cccc(N=C=O)c1. The molecule has 0 spiro atoms. The van der Waals surface area contributed by atoms with Crippen LogP contribution in [0.2, 0.25) is 0 Å². The molecule has 4 nitrogen and oxygen atoms in total. The molecule has 0 unspecified atom stereocenters. The summed E-state index contributed by atoms with van der Waals surface area (Å²) in [7, 11) is 0. The van der Waals surface area contributed by atoms with Crippen LogP contribution in [0.1, 0.15) is 27.0 Å². The lowest BCUT2D eigenvalue weighted by Gasteiger charge is -2.34. The van der Waals surface area contributed by atoms with Gasteiger partial charge in [0.15, 0.2) is 0 Å². The number of hydrogen-bond donors (Lipinski definition) is 1. The van der Waals surface area contributed by atoms with E-state index in [0.29, 0.717) is 0 Å². The number of halogens is 9. The summed E-state index contributed by atoms with van der Waals surface area (Å²) in [6.45, 7) is 2.10. The van der Waals surface area contributed by atoms with Crippen LogP contribution in [0, 0.1) is 13.8 Å². The van der Waals surface area contributed by atoms with E-state index in [1.54, 1.807) is 0 Å². The van der Waals surface area contributed by atoms with Gasteiger partial charge in [-0.1, -0.05) is 6.07 Å². The van der Waals surface area contributed by atoms with E-state index >= 15 is 0 Å². The summed E-state index contributed by atoms with van der Waals surface area (Å²) in [5, 5.41) is 2.30. The highest BCUT2D eigenvalue weighted by Gasteiger charge is 2.82. The molecular weight excluding hydrogens is 471 g/mol. The van der Waals surface area contributed by atoms with Crippen molar-refractivity contribution in [1.29, 1.82) is 0 Å². The van der Waals surface area contributed by atoms with Crippen LogP contribution in [0.25, 0.3) is 0 Å². The molecule has 2 aromatic rings. The predicted molar refractivity (Wildman–Crippen MR) is 97.9 cm³/mol. The zero-order chi connectivity index (χ0) is 25.4. The van der Waals surface area contributed by atoms with Crippen molar-refractivity contribution in [2.75, 3.05) is 5.32 Å². The van der Waals surface area contributed by atoms with Crippen LogP contribution in [0.3, 0.4) is 0 Å². The third-order valence-corrected chi connectivity index (χ3v) is 4.56. The Morgan fingerprint density at radius 1 is 0.879 bits per heavy atom. The van der Waals surface area contributed by atoms with Crippen molar-refractivity contribution >= 4 is 23.4 Å². The molecule has 2 rings (SSSR count). The summed E-state index contributed by atoms with van der Waals surface area (Å²) in [5.74, 6) is -20.6. The van der Waals surface area contributed by atoms with Gasteiger partial charge in [-0.25, -0.2) is 4.79 Å². The average molecular weight is 484 g/mol. The molecule has 33 heavy (non-hydrogen) atoms. The van der Waals surface area contributed by atoms with Gasteiger partial charge in [-0.15, -0.1) is 0 Å². The second-order valence-electron chi connectivity index (χ2n) is 6.91. The lowest BCUT2D eigenvalue weighted by molar-refractivity contribution is -0.399. The number of amides is 1. The molecule has 0 aliphatic carbocycles. The fraction of sp³-hybridized carbons (Fsp3) is 0.300. The monoisotopic (exact) mass is 484 g/mol. The van der Waals surface area contributed by atoms with E-state index in [2.05, 4.69) is 10.3 Å². The van der Waals surface area contributed by atoms with Gasteiger partial charge in [0.05, 0.1) is 5.69 Å². The lowest BCUT2D eigenvalue weighted by Crippen LogP contribution is -2.59. The first-order valence-corrected chi connectivity index (χ1v) is 8.78. The number of nitrogens with one attached hydrogen (secondary N) is 1. The van der Waals surface area contributed by atoms with Crippen molar-refractivity contribution < 1.29 is 49.1 Å². The van der Waals surface area contributed by atoms with Crippen LogP contribution in [0.15, 0.2) is 41.4 Å². The van der Waals surface area contributed by atoms with Gasteiger partial charge < -0.3 is 5.32 Å². The first-order chi connectivity index (χ1) is 15.0. The molecule has 1 amide bonds. The third kappa shape index (κ3) is 4.58. The molecule has 0 aliphatic rings. The molecule has 1 N–H and O–H groups in total. The maximum absolute atomic E-state index is 14.2. The third-order valence-electron chi connectivity index (χ3n) is 4.56. The lowest BCUT2D eigenvalue weighted by atomic mass is 9.93. The van der Waals surface area contributed by atoms with Crippen molar-refractivity contribution in [3.05, 3.63) is 58.7 Å². The van der Waals surface area contributed by atoms with E-state index in [9.17, 15) is 49.1 Å². The van der Waals surface area contributed by atoms with Crippen LogP contribution < -0.4 is 5.32 Å². The Morgan fingerprint density at radius 2 is 1.42 bits per heavy atom. The molecule has 178 valence electrons. The highest BCUT2D eigenvalue weighted by atomic mass is 19.4. The smallest absolute Gasteiger partial charge is 0.322 e. The van der Waals surface area contributed by atoms with Gasteiger partial charge in [0.2, 0.25) is 6.08 Å². The number of alkyl halides is 9. The highest BCUT2D eigenvalue weighted by molar-refractivity contribution is 6.05. The molecule has 13 heteroatoms. The summed E-state index contributed by atoms with van der Waals surface area (Å²) in [4.78, 5) is 26.0. The summed E-state index contributed by atoms with van der Waals surface area (Å²) in [5.41, 5.74) is -2.58. The Bertz CT molecular complexity index is 1100. The number of aliphatic imine (C=N–C) groups is 1. The molecule has 0 aromatic heterocycles. The Kier molecular flexibility index (Phi) is 6.71. The molecule has 0 fully saturated rings. The van der Waals surface area contributed by atoms with E-state index in [4.69, 9.17) is 0 Å². The normalized spacial score (nSPS) is 12.8. The van der Waals surface area contributed by atoms with Gasteiger partial charge in [-0.05, 0) is 55.3 Å². The average Bonchev–Trinajstić information content (AvgIpc) is 2.69. The molecule has 0 aliphatic heterocycles. The molecule has 0 bridgehead atoms. The van der Waals surface area contributed by atoms with Gasteiger partial charge in [-0.3, -0.25) is 4.79 Å². The van der Waals surface area contributed by atoms with Crippen molar-refractivity contribution in [2.24, 2.45) is 4.99 Å². The minimum Gasteiger partial charge on any atom is -0.322 e. The van der Waals surface area contributed by atoms with E-state index in [0.717, 1.165) is 13.8 Å². The van der Waals surface area contributed by atoms with Gasteiger partial charge in [0.25, 0.3) is 5.91 Å². The van der Waals surface area contributed by atoms with Crippen molar-refractivity contribution in [2.45, 2.75) is 37.8 Å². The van der Waals surface area contributed by atoms with Crippen LogP contribution in [0.5, 0.6) is 0 Å². The Labute approximate surface area is 180 Å². The zero-order valence-corrected chi connectivity index (χ0v) is 16.6. The molecule has 0 radical (unpaired) electrons. The Morgan fingerprint density at radius 3 is 1.91 bits per heavy atom. The summed E-state index contributed by atoms with van der Waals surface area (Å²) in [6.07, 6.45) is -5.67. The standard InChI is InChI=1S/C20H13F9N2O2/c1-10-6-13(17(21,22)18(23,24)19(25,26)20(27,28)29)7-11(2)15(10)31-16(33)12-4-3-5-14(8-12)30-9-32/h3-8H,1-2H3,(H,31,33). The Hall–Kier alpha value is -3.34. The molecule has 2 aromatic carbocycles. The quantitative estimate of drug-likeness (QED) is 0.291. The van der Waals surface area contributed by atoms with Gasteiger partial charge >= 0.3 is 23.9 Å². The Balaban J connectivity index is 2.45. The second kappa shape index (κ2) is 8.54. The number of carbonyl (C=O) groups is 1. The van der Waals surface area contributed by atoms with E-state index in [1.807, 2.05) is 0 Å². The molecular formula is C20H13F9N2O2. The summed E-state index contributed by atoms with van der Waals surface area (Å²) in [6, 6.07) is 5.74. The highest BCUT2D eigenvalue weighted by Crippen LogP contribution is 2.56. The fourth-order valence-electron chi connectivity index (χ4n) is 2.85.